The van der Waals surface area contributed by atoms with Gasteiger partial charge in [0.1, 0.15) is 0 Å². The molecule has 4 atom stereocenters. The fourth-order valence-electron chi connectivity index (χ4n) is 3.38. The zero-order valence-electron chi connectivity index (χ0n) is 11.5. The van der Waals surface area contributed by atoms with Crippen LogP contribution in [0.1, 0.15) is 52.9 Å². The highest BCUT2D eigenvalue weighted by molar-refractivity contribution is 4.87. The molecule has 1 saturated carbocycles. The van der Waals surface area contributed by atoms with E-state index >= 15 is 0 Å². The Kier molecular flexibility index (Phi) is 6.37. The lowest BCUT2D eigenvalue weighted by Gasteiger charge is -2.39. The number of likely N-dealkylation sites (N-methyl/N-ethyl adjacent to an activating group) is 1. The van der Waals surface area contributed by atoms with Crippen LogP contribution in [-0.2, 0) is 4.74 Å². The van der Waals surface area contributed by atoms with Crippen molar-refractivity contribution in [2.45, 2.75) is 65.0 Å². The van der Waals surface area contributed by atoms with Gasteiger partial charge in [-0.15, -0.1) is 0 Å². The van der Waals surface area contributed by atoms with Gasteiger partial charge in [0, 0.05) is 12.6 Å². The summed E-state index contributed by atoms with van der Waals surface area (Å²) in [4.78, 5) is 0. The molecule has 0 aromatic carbocycles. The van der Waals surface area contributed by atoms with Crippen LogP contribution in [0, 0.1) is 11.8 Å². The molecule has 1 aliphatic rings. The van der Waals surface area contributed by atoms with Crippen molar-refractivity contribution in [2.24, 2.45) is 11.8 Å². The summed E-state index contributed by atoms with van der Waals surface area (Å²) in [5.41, 5.74) is 0. The van der Waals surface area contributed by atoms with Gasteiger partial charge in [0.2, 0.25) is 0 Å². The standard InChI is InChI=1S/C14H29NO/c1-5-12-9-7-8-10-13(12)14(15-4)11(3)16-6-2/h11-15H,5-10H2,1-4H3. The van der Waals surface area contributed by atoms with Crippen LogP contribution >= 0.6 is 0 Å². The van der Waals surface area contributed by atoms with E-state index in [2.05, 4.69) is 33.1 Å². The van der Waals surface area contributed by atoms with Gasteiger partial charge in [0.15, 0.2) is 0 Å². The normalized spacial score (nSPS) is 30.0. The van der Waals surface area contributed by atoms with Gasteiger partial charge in [0.25, 0.3) is 0 Å². The Balaban J connectivity index is 2.61. The van der Waals surface area contributed by atoms with Crippen molar-refractivity contribution in [3.05, 3.63) is 0 Å². The van der Waals surface area contributed by atoms with Crippen LogP contribution in [0.4, 0.5) is 0 Å². The molecule has 0 heterocycles. The largest absolute Gasteiger partial charge is 0.377 e. The third-order valence-electron chi connectivity index (χ3n) is 4.22. The number of ether oxygens (including phenoxy) is 1. The molecule has 0 spiro atoms. The maximum absolute atomic E-state index is 5.78. The van der Waals surface area contributed by atoms with Crippen LogP contribution in [0.2, 0.25) is 0 Å². The van der Waals surface area contributed by atoms with Crippen LogP contribution in [-0.4, -0.2) is 25.8 Å². The molecule has 0 amide bonds. The molecule has 2 nitrogen and oxygen atoms in total. The number of hydrogen-bond donors (Lipinski definition) is 1. The Labute approximate surface area is 101 Å². The first-order chi connectivity index (χ1) is 7.74. The molecule has 1 rings (SSSR count). The van der Waals surface area contributed by atoms with Gasteiger partial charge >= 0.3 is 0 Å². The molecule has 16 heavy (non-hydrogen) atoms. The highest BCUT2D eigenvalue weighted by Gasteiger charge is 2.33. The minimum Gasteiger partial charge on any atom is -0.377 e. The van der Waals surface area contributed by atoms with Crippen molar-refractivity contribution in [3.63, 3.8) is 0 Å². The smallest absolute Gasteiger partial charge is 0.0702 e. The van der Waals surface area contributed by atoms with Crippen molar-refractivity contribution in [1.82, 2.24) is 5.32 Å². The molecule has 1 fully saturated rings. The minimum absolute atomic E-state index is 0.340. The molecule has 96 valence electrons. The topological polar surface area (TPSA) is 21.3 Å². The van der Waals surface area contributed by atoms with Gasteiger partial charge in [-0.2, -0.15) is 0 Å². The predicted molar refractivity (Wildman–Crippen MR) is 69.7 cm³/mol. The molecule has 1 N–H and O–H groups in total. The van der Waals surface area contributed by atoms with E-state index in [9.17, 15) is 0 Å². The SMILES string of the molecule is CCOC(C)C(NC)C1CCCCC1CC. The lowest BCUT2D eigenvalue weighted by molar-refractivity contribution is 0.0128. The van der Waals surface area contributed by atoms with Crippen molar-refractivity contribution in [2.75, 3.05) is 13.7 Å². The van der Waals surface area contributed by atoms with Crippen LogP contribution in [0.3, 0.4) is 0 Å². The van der Waals surface area contributed by atoms with Crippen LogP contribution < -0.4 is 5.32 Å². The van der Waals surface area contributed by atoms with Gasteiger partial charge in [-0.05, 0) is 39.2 Å². The second-order valence-electron chi connectivity index (χ2n) is 5.09. The summed E-state index contributed by atoms with van der Waals surface area (Å²) in [6.07, 6.45) is 7.28. The Morgan fingerprint density at radius 3 is 2.50 bits per heavy atom. The van der Waals surface area contributed by atoms with E-state index in [4.69, 9.17) is 4.74 Å². The molecule has 0 aliphatic heterocycles. The van der Waals surface area contributed by atoms with E-state index in [1.807, 2.05) is 0 Å². The predicted octanol–water partition coefficient (Wildman–Crippen LogP) is 3.22. The third-order valence-corrected chi connectivity index (χ3v) is 4.22. The van der Waals surface area contributed by atoms with Crippen LogP contribution in [0.5, 0.6) is 0 Å². The highest BCUT2D eigenvalue weighted by Crippen LogP contribution is 2.35. The lowest BCUT2D eigenvalue weighted by atomic mass is 9.73. The second-order valence-corrected chi connectivity index (χ2v) is 5.09. The molecule has 0 radical (unpaired) electrons. The molecule has 1 aliphatic carbocycles. The number of nitrogens with one attached hydrogen (secondary N) is 1. The maximum atomic E-state index is 5.78. The molecular formula is C14H29NO. The molecule has 0 bridgehead atoms. The average molecular weight is 227 g/mol. The zero-order chi connectivity index (χ0) is 12.0. The first kappa shape index (κ1) is 14.0. The molecule has 0 aromatic heterocycles. The van der Waals surface area contributed by atoms with Crippen molar-refractivity contribution in [1.29, 1.82) is 0 Å². The van der Waals surface area contributed by atoms with Gasteiger partial charge in [-0.1, -0.05) is 32.6 Å². The third kappa shape index (κ3) is 3.46. The van der Waals surface area contributed by atoms with E-state index in [1.165, 1.54) is 32.1 Å². The number of rotatable bonds is 6. The summed E-state index contributed by atoms with van der Waals surface area (Å²) in [5.74, 6) is 1.71. The fraction of sp³-hybridized carbons (Fsp3) is 1.00. The van der Waals surface area contributed by atoms with Gasteiger partial charge < -0.3 is 10.1 Å². The van der Waals surface area contributed by atoms with E-state index in [1.54, 1.807) is 0 Å². The Morgan fingerprint density at radius 2 is 1.94 bits per heavy atom. The fourth-order valence-corrected chi connectivity index (χ4v) is 3.38. The Hall–Kier alpha value is -0.0800. The van der Waals surface area contributed by atoms with Crippen molar-refractivity contribution >= 4 is 0 Å². The summed E-state index contributed by atoms with van der Waals surface area (Å²) in [7, 11) is 2.08. The van der Waals surface area contributed by atoms with Gasteiger partial charge in [0.05, 0.1) is 6.10 Å². The molecule has 0 aromatic rings. The molecule has 2 heteroatoms. The number of hydrogen-bond acceptors (Lipinski definition) is 2. The lowest BCUT2D eigenvalue weighted by Crippen LogP contribution is -2.47. The second kappa shape index (κ2) is 7.29. The summed E-state index contributed by atoms with van der Waals surface area (Å²) in [5, 5.41) is 3.50. The Bertz CT molecular complexity index is 184. The van der Waals surface area contributed by atoms with Crippen LogP contribution in [0.25, 0.3) is 0 Å². The molecule has 0 saturated heterocycles. The summed E-state index contributed by atoms with van der Waals surface area (Å²) >= 11 is 0. The van der Waals surface area contributed by atoms with Crippen molar-refractivity contribution in [3.8, 4) is 0 Å². The first-order valence-electron chi connectivity index (χ1n) is 7.03. The summed E-state index contributed by atoms with van der Waals surface area (Å²) < 4.78 is 5.78. The van der Waals surface area contributed by atoms with E-state index in [0.717, 1.165) is 18.4 Å². The summed E-state index contributed by atoms with van der Waals surface area (Å²) in [6, 6.07) is 0.533. The quantitative estimate of drug-likeness (QED) is 0.752. The van der Waals surface area contributed by atoms with E-state index in [0.29, 0.717) is 12.1 Å². The highest BCUT2D eigenvalue weighted by atomic mass is 16.5. The maximum Gasteiger partial charge on any atom is 0.0702 e. The minimum atomic E-state index is 0.340. The Morgan fingerprint density at radius 1 is 1.25 bits per heavy atom. The van der Waals surface area contributed by atoms with Gasteiger partial charge in [-0.25, -0.2) is 0 Å². The monoisotopic (exact) mass is 227 g/mol. The van der Waals surface area contributed by atoms with E-state index in [-0.39, 0.29) is 0 Å². The zero-order valence-corrected chi connectivity index (χ0v) is 11.5. The van der Waals surface area contributed by atoms with Crippen LogP contribution in [0.15, 0.2) is 0 Å². The van der Waals surface area contributed by atoms with Gasteiger partial charge in [-0.3, -0.25) is 0 Å². The molecular weight excluding hydrogens is 198 g/mol. The summed E-state index contributed by atoms with van der Waals surface area (Å²) in [6.45, 7) is 7.46. The first-order valence-corrected chi connectivity index (χ1v) is 7.03. The average Bonchev–Trinajstić information content (AvgIpc) is 2.31. The van der Waals surface area contributed by atoms with Crippen molar-refractivity contribution < 1.29 is 4.74 Å². The van der Waals surface area contributed by atoms with E-state index < -0.39 is 0 Å². The molecule has 4 unspecified atom stereocenters.